The van der Waals surface area contributed by atoms with Gasteiger partial charge in [0.1, 0.15) is 0 Å². The van der Waals surface area contributed by atoms with Crippen molar-refractivity contribution in [1.82, 2.24) is 0 Å². The van der Waals surface area contributed by atoms with Crippen LogP contribution in [0.25, 0.3) is 0 Å². The van der Waals surface area contributed by atoms with Crippen LogP contribution in [0.15, 0.2) is 0 Å². The quantitative estimate of drug-likeness (QED) is 0.693. The van der Waals surface area contributed by atoms with Crippen LogP contribution in [-0.4, -0.2) is 29.1 Å². The van der Waals surface area contributed by atoms with E-state index < -0.39 is 11.9 Å². The number of carboxylic acids is 2. The van der Waals surface area contributed by atoms with Crippen molar-refractivity contribution in [2.75, 3.05) is 0 Å². The Balaban J connectivity index is 0.000000258. The van der Waals surface area contributed by atoms with Gasteiger partial charge in [0, 0.05) is 0 Å². The predicted molar refractivity (Wildman–Crippen MR) is 68.3 cm³/mol. The molecule has 0 radical (unpaired) electrons. The second-order valence-electron chi connectivity index (χ2n) is 5.58. The first-order chi connectivity index (χ1) is 9.09. The van der Waals surface area contributed by atoms with Gasteiger partial charge in [0.25, 0.3) is 0 Å². The van der Waals surface area contributed by atoms with E-state index in [1.165, 1.54) is 64.2 Å². The van der Waals surface area contributed by atoms with E-state index in [1.54, 1.807) is 0 Å². The minimum Gasteiger partial charge on any atom is -0.539 e. The topological polar surface area (TPSA) is 94.0 Å². The highest BCUT2D eigenvalue weighted by Crippen LogP contribution is 2.18. The molecule has 5 nitrogen and oxygen atoms in total. The average molecular weight is 271 g/mol. The van der Waals surface area contributed by atoms with E-state index in [0.717, 1.165) is 12.1 Å². The Hall–Kier alpha value is -1.10. The highest BCUT2D eigenvalue weighted by Gasteiger charge is 2.22. The fourth-order valence-electron chi connectivity index (χ4n) is 3.04. The molecule has 0 saturated heterocycles. The molecule has 2 aliphatic carbocycles. The summed E-state index contributed by atoms with van der Waals surface area (Å²) in [5, 5.41) is 19.0. The summed E-state index contributed by atoms with van der Waals surface area (Å²) < 4.78 is 0. The van der Waals surface area contributed by atoms with Crippen LogP contribution in [0.3, 0.4) is 0 Å². The molecule has 0 unspecified atom stereocenters. The molecule has 0 spiro atoms. The summed E-state index contributed by atoms with van der Waals surface area (Å²) in [4.78, 5) is 18.0. The van der Waals surface area contributed by atoms with Crippen molar-refractivity contribution >= 4 is 11.9 Å². The Bertz CT molecular complexity index is 253. The number of quaternary nitrogens is 1. The van der Waals surface area contributed by atoms with Crippen molar-refractivity contribution in [3.63, 3.8) is 0 Å². The van der Waals surface area contributed by atoms with E-state index in [-0.39, 0.29) is 0 Å². The van der Waals surface area contributed by atoms with Crippen molar-refractivity contribution in [1.29, 1.82) is 0 Å². The third-order valence-electron chi connectivity index (χ3n) is 4.02. The van der Waals surface area contributed by atoms with E-state index in [2.05, 4.69) is 5.32 Å². The number of carbonyl (C=O) groups is 2. The zero-order valence-corrected chi connectivity index (χ0v) is 11.5. The van der Waals surface area contributed by atoms with Crippen LogP contribution in [0.2, 0.25) is 0 Å². The zero-order valence-electron chi connectivity index (χ0n) is 11.5. The van der Waals surface area contributed by atoms with Gasteiger partial charge < -0.3 is 20.3 Å². The van der Waals surface area contributed by atoms with Crippen molar-refractivity contribution < 1.29 is 25.1 Å². The molecule has 5 heteroatoms. The molecule has 0 bridgehead atoms. The first-order valence-electron chi connectivity index (χ1n) is 7.39. The van der Waals surface area contributed by atoms with Gasteiger partial charge in [-0.1, -0.05) is 12.8 Å². The lowest BCUT2D eigenvalue weighted by atomic mass is 9.91. The minimum atomic E-state index is -2.07. The van der Waals surface area contributed by atoms with Crippen LogP contribution in [0.1, 0.15) is 64.2 Å². The fourth-order valence-corrected chi connectivity index (χ4v) is 3.04. The molecule has 2 rings (SSSR count). The standard InChI is InChI=1S/C12H23N.C2H2O4/c1-3-7-11(8-4-1)13-12-9-5-2-6-10-12;3-1(4)2(5)6/h11-13H,1-10H2;(H,3,4)(H,5,6). The number of nitrogens with two attached hydrogens (primary N) is 1. The van der Waals surface area contributed by atoms with Crippen LogP contribution < -0.4 is 10.4 Å². The minimum absolute atomic E-state index is 0.997. The van der Waals surface area contributed by atoms with E-state index in [0.29, 0.717) is 0 Å². The van der Waals surface area contributed by atoms with Crippen molar-refractivity contribution in [3.05, 3.63) is 0 Å². The summed E-state index contributed by atoms with van der Waals surface area (Å²) in [7, 11) is 0. The van der Waals surface area contributed by atoms with Gasteiger partial charge in [0.05, 0.1) is 12.1 Å². The first kappa shape index (κ1) is 16.0. The van der Waals surface area contributed by atoms with Gasteiger partial charge in [-0.2, -0.15) is 0 Å². The largest absolute Gasteiger partial charge is 0.539 e. The van der Waals surface area contributed by atoms with Gasteiger partial charge in [-0.15, -0.1) is 0 Å². The lowest BCUT2D eigenvalue weighted by Crippen LogP contribution is -2.95. The van der Waals surface area contributed by atoms with Crippen LogP contribution in [0, 0.1) is 0 Å². The third-order valence-corrected chi connectivity index (χ3v) is 4.02. The van der Waals surface area contributed by atoms with Gasteiger partial charge in [0.15, 0.2) is 5.97 Å². The molecular weight excluding hydrogens is 246 g/mol. The maximum atomic E-state index is 9.04. The molecule has 2 aliphatic rings. The van der Waals surface area contributed by atoms with Crippen LogP contribution in [-0.2, 0) is 9.59 Å². The molecule has 0 aromatic rings. The fraction of sp³-hybridized carbons (Fsp3) is 0.857. The number of carbonyl (C=O) groups excluding carboxylic acids is 1. The highest BCUT2D eigenvalue weighted by molar-refractivity contribution is 6.26. The number of hydrogen-bond donors (Lipinski definition) is 2. The average Bonchev–Trinajstić information content (AvgIpc) is 2.41. The van der Waals surface area contributed by atoms with Gasteiger partial charge >= 0.3 is 5.97 Å². The first-order valence-corrected chi connectivity index (χ1v) is 7.39. The molecule has 0 aromatic heterocycles. The Morgan fingerprint density at radius 3 is 1.42 bits per heavy atom. The SMILES string of the molecule is C1CCC([NH2+]C2CCCCC2)CC1.O=C([O-])C(=O)O. The molecule has 2 fully saturated rings. The molecule has 0 heterocycles. The maximum Gasteiger partial charge on any atom is 0.351 e. The third kappa shape index (κ3) is 7.15. The summed E-state index contributed by atoms with van der Waals surface area (Å²) in [6.07, 6.45) is 15.0. The van der Waals surface area contributed by atoms with Gasteiger partial charge in [-0.05, 0) is 51.4 Å². The summed E-state index contributed by atoms with van der Waals surface area (Å²) >= 11 is 0. The molecule has 0 aromatic carbocycles. The number of rotatable bonds is 2. The highest BCUT2D eigenvalue weighted by atomic mass is 16.4. The second kappa shape index (κ2) is 8.91. The van der Waals surface area contributed by atoms with Crippen LogP contribution >= 0.6 is 0 Å². The lowest BCUT2D eigenvalue weighted by molar-refractivity contribution is -0.725. The van der Waals surface area contributed by atoms with Crippen LogP contribution in [0.4, 0.5) is 0 Å². The smallest absolute Gasteiger partial charge is 0.351 e. The Labute approximate surface area is 114 Å². The number of hydrogen-bond acceptors (Lipinski definition) is 3. The van der Waals surface area contributed by atoms with E-state index in [1.807, 2.05) is 0 Å². The normalized spacial score (nSPS) is 21.3. The molecule has 3 N–H and O–H groups in total. The Morgan fingerprint density at radius 2 is 1.16 bits per heavy atom. The molecule has 110 valence electrons. The second-order valence-corrected chi connectivity index (χ2v) is 5.58. The molecule has 0 aliphatic heterocycles. The summed E-state index contributed by atoms with van der Waals surface area (Å²) in [5.41, 5.74) is 0. The van der Waals surface area contributed by atoms with E-state index in [4.69, 9.17) is 19.8 Å². The van der Waals surface area contributed by atoms with Gasteiger partial charge in [0.2, 0.25) is 0 Å². The van der Waals surface area contributed by atoms with E-state index in [9.17, 15) is 0 Å². The van der Waals surface area contributed by atoms with Gasteiger partial charge in [-0.3, -0.25) is 0 Å². The number of carboxylic acid groups (broad SMARTS) is 2. The van der Waals surface area contributed by atoms with Crippen molar-refractivity contribution in [2.24, 2.45) is 0 Å². The summed E-state index contributed by atoms with van der Waals surface area (Å²) in [6.45, 7) is 0. The van der Waals surface area contributed by atoms with Crippen LogP contribution in [0.5, 0.6) is 0 Å². The molecule has 0 atom stereocenters. The maximum absolute atomic E-state index is 9.04. The van der Waals surface area contributed by atoms with Crippen molar-refractivity contribution in [3.8, 4) is 0 Å². The Morgan fingerprint density at radius 1 is 0.842 bits per heavy atom. The molecule has 0 amide bonds. The Kier molecular flexibility index (Phi) is 7.48. The molecule has 19 heavy (non-hydrogen) atoms. The summed E-state index contributed by atoms with van der Waals surface area (Å²) in [6, 6.07) is 1.99. The predicted octanol–water partition coefficient (Wildman–Crippen LogP) is 0.0361. The van der Waals surface area contributed by atoms with Gasteiger partial charge in [-0.25, -0.2) is 4.79 Å². The summed E-state index contributed by atoms with van der Waals surface area (Å²) in [5.74, 6) is -4.01. The lowest BCUT2D eigenvalue weighted by Gasteiger charge is -2.27. The molecule has 2 saturated carbocycles. The van der Waals surface area contributed by atoms with E-state index >= 15 is 0 Å². The number of aliphatic carboxylic acids is 2. The zero-order chi connectivity index (χ0) is 14.1. The monoisotopic (exact) mass is 271 g/mol. The molecular formula is C14H25NO4. The van der Waals surface area contributed by atoms with Crippen molar-refractivity contribution in [2.45, 2.75) is 76.3 Å².